The molecule has 7 nitrogen and oxygen atoms in total. The molecule has 0 bridgehead atoms. The normalized spacial score (nSPS) is 12.2. The van der Waals surface area contributed by atoms with Crippen LogP contribution in [0.15, 0.2) is 49.6 Å². The van der Waals surface area contributed by atoms with E-state index in [2.05, 4.69) is 74.8 Å². The van der Waals surface area contributed by atoms with Crippen LogP contribution in [0.1, 0.15) is 24.1 Å². The number of likely N-dealkylation sites (N-methyl/N-ethyl adjacent to an activating group) is 1. The third kappa shape index (κ3) is 3.15. The molecule has 28 heavy (non-hydrogen) atoms. The Morgan fingerprint density at radius 2 is 2.11 bits per heavy atom. The predicted octanol–water partition coefficient (Wildman–Crippen LogP) is 4.00. The van der Waals surface area contributed by atoms with Crippen LogP contribution >= 0.6 is 0 Å². The number of hydrogen-bond donors (Lipinski definition) is 2. The van der Waals surface area contributed by atoms with Gasteiger partial charge in [-0.05, 0) is 25.5 Å². The highest BCUT2D eigenvalue weighted by molar-refractivity contribution is 5.86. The Morgan fingerprint density at radius 1 is 1.25 bits per heavy atom. The van der Waals surface area contributed by atoms with E-state index >= 15 is 0 Å². The molecule has 0 saturated carbocycles. The number of fused-ring (bicyclic) bond motifs is 2. The molecule has 142 valence electrons. The quantitative estimate of drug-likeness (QED) is 0.497. The zero-order chi connectivity index (χ0) is 19.7. The molecule has 1 atom stereocenters. The summed E-state index contributed by atoms with van der Waals surface area (Å²) in [6.07, 6.45) is 5.03. The summed E-state index contributed by atoms with van der Waals surface area (Å²) >= 11 is 0. The summed E-state index contributed by atoms with van der Waals surface area (Å²) in [4.78, 5) is 23.0. The Bertz CT molecular complexity index is 1150. The summed E-state index contributed by atoms with van der Waals surface area (Å²) in [6, 6.07) is 8.41. The monoisotopic (exact) mass is 373 g/mol. The van der Waals surface area contributed by atoms with Crippen LogP contribution in [0.2, 0.25) is 0 Å². The lowest BCUT2D eigenvalue weighted by molar-refractivity contribution is 0.851. The minimum atomic E-state index is -0.0329. The second-order valence-corrected chi connectivity index (χ2v) is 6.91. The van der Waals surface area contributed by atoms with Gasteiger partial charge in [-0.15, -0.1) is 6.58 Å². The van der Waals surface area contributed by atoms with E-state index in [0.717, 1.165) is 33.4 Å². The third-order valence-electron chi connectivity index (χ3n) is 4.86. The summed E-state index contributed by atoms with van der Waals surface area (Å²) in [6.45, 7) is 8.76. The molecule has 0 radical (unpaired) electrons. The third-order valence-corrected chi connectivity index (χ3v) is 4.86. The van der Waals surface area contributed by atoms with Crippen molar-refractivity contribution in [3.05, 3.63) is 60.7 Å². The van der Waals surface area contributed by atoms with E-state index in [9.17, 15) is 0 Å². The zero-order valence-electron chi connectivity index (χ0n) is 16.3. The number of benzene rings is 1. The van der Waals surface area contributed by atoms with Gasteiger partial charge in [0.05, 0.1) is 17.9 Å². The molecule has 0 fully saturated rings. The van der Waals surface area contributed by atoms with Crippen LogP contribution in [-0.4, -0.2) is 38.5 Å². The van der Waals surface area contributed by atoms with Gasteiger partial charge in [-0.2, -0.15) is 0 Å². The second kappa shape index (κ2) is 7.26. The summed E-state index contributed by atoms with van der Waals surface area (Å²) in [7, 11) is 2.03. The number of imidazole rings is 1. The Kier molecular flexibility index (Phi) is 4.65. The van der Waals surface area contributed by atoms with Crippen molar-refractivity contribution in [2.75, 3.05) is 23.8 Å². The van der Waals surface area contributed by atoms with E-state index in [1.165, 1.54) is 6.33 Å². The first-order chi connectivity index (χ1) is 13.6. The highest BCUT2D eigenvalue weighted by atomic mass is 15.2. The van der Waals surface area contributed by atoms with Gasteiger partial charge < -0.3 is 15.2 Å². The summed E-state index contributed by atoms with van der Waals surface area (Å²) in [5, 5.41) is 4.60. The Morgan fingerprint density at radius 3 is 2.93 bits per heavy atom. The van der Waals surface area contributed by atoms with Gasteiger partial charge in [0.15, 0.2) is 11.5 Å². The lowest BCUT2D eigenvalue weighted by Crippen LogP contribution is -2.22. The number of hydrogen-bond acceptors (Lipinski definition) is 6. The molecule has 7 heteroatoms. The van der Waals surface area contributed by atoms with Crippen molar-refractivity contribution in [3.8, 4) is 0 Å². The Labute approximate surface area is 163 Å². The number of nitrogens with one attached hydrogen (secondary N) is 2. The minimum Gasteiger partial charge on any atom is -0.361 e. The molecule has 0 aliphatic heterocycles. The van der Waals surface area contributed by atoms with E-state index in [4.69, 9.17) is 4.98 Å². The maximum absolute atomic E-state index is 4.99. The van der Waals surface area contributed by atoms with E-state index in [1.54, 1.807) is 6.33 Å². The number of aromatic nitrogens is 5. The molecule has 0 saturated heterocycles. The Hall–Kier alpha value is -3.48. The number of aromatic amines is 1. The lowest BCUT2D eigenvalue weighted by Gasteiger charge is -2.25. The molecule has 1 aromatic carbocycles. The van der Waals surface area contributed by atoms with Crippen molar-refractivity contribution in [1.82, 2.24) is 24.9 Å². The average molecular weight is 373 g/mol. The maximum atomic E-state index is 4.99. The predicted molar refractivity (Wildman–Crippen MR) is 114 cm³/mol. The lowest BCUT2D eigenvalue weighted by atomic mass is 10.0. The summed E-state index contributed by atoms with van der Waals surface area (Å²) in [5.74, 6) is 1.62. The number of aryl methyl sites for hydroxylation is 1. The van der Waals surface area contributed by atoms with Crippen molar-refractivity contribution in [3.63, 3.8) is 0 Å². The fourth-order valence-electron chi connectivity index (χ4n) is 3.41. The molecule has 0 spiro atoms. The van der Waals surface area contributed by atoms with E-state index in [-0.39, 0.29) is 6.04 Å². The summed E-state index contributed by atoms with van der Waals surface area (Å²) < 4.78 is 0. The van der Waals surface area contributed by atoms with Gasteiger partial charge in [-0.3, -0.25) is 0 Å². The molecule has 0 amide bonds. The van der Waals surface area contributed by atoms with Crippen LogP contribution in [0.3, 0.4) is 0 Å². The van der Waals surface area contributed by atoms with Gasteiger partial charge in [-0.25, -0.2) is 19.9 Å². The van der Waals surface area contributed by atoms with Gasteiger partial charge in [0.25, 0.3) is 0 Å². The Balaban J connectivity index is 1.80. The number of pyridine rings is 1. The molecule has 1 unspecified atom stereocenters. The molecule has 3 aromatic heterocycles. The first-order valence-corrected chi connectivity index (χ1v) is 9.21. The van der Waals surface area contributed by atoms with Gasteiger partial charge in [0.1, 0.15) is 17.7 Å². The molecule has 4 aromatic rings. The number of anilines is 2. The van der Waals surface area contributed by atoms with Gasteiger partial charge in [0.2, 0.25) is 0 Å². The van der Waals surface area contributed by atoms with Crippen LogP contribution in [0, 0.1) is 6.92 Å². The van der Waals surface area contributed by atoms with Gasteiger partial charge in [-0.1, -0.05) is 24.3 Å². The van der Waals surface area contributed by atoms with Crippen LogP contribution in [0.25, 0.3) is 22.1 Å². The topological polar surface area (TPSA) is 82.6 Å². The van der Waals surface area contributed by atoms with E-state index in [1.807, 2.05) is 13.1 Å². The van der Waals surface area contributed by atoms with E-state index < -0.39 is 0 Å². The van der Waals surface area contributed by atoms with Crippen molar-refractivity contribution in [2.24, 2.45) is 0 Å². The molecule has 3 heterocycles. The number of nitrogens with zero attached hydrogens (tertiary/aromatic N) is 5. The van der Waals surface area contributed by atoms with Crippen molar-refractivity contribution < 1.29 is 0 Å². The molecule has 0 aliphatic carbocycles. The van der Waals surface area contributed by atoms with Crippen molar-refractivity contribution >= 4 is 33.7 Å². The maximum Gasteiger partial charge on any atom is 0.162 e. The van der Waals surface area contributed by atoms with Crippen molar-refractivity contribution in [2.45, 2.75) is 19.9 Å². The van der Waals surface area contributed by atoms with Crippen LogP contribution in [0.5, 0.6) is 0 Å². The second-order valence-electron chi connectivity index (χ2n) is 6.91. The highest BCUT2D eigenvalue weighted by Gasteiger charge is 2.18. The number of H-pyrrole nitrogens is 1. The number of para-hydroxylation sites is 1. The van der Waals surface area contributed by atoms with E-state index in [0.29, 0.717) is 18.0 Å². The number of rotatable bonds is 6. The fourth-order valence-corrected chi connectivity index (χ4v) is 3.41. The first-order valence-electron chi connectivity index (χ1n) is 9.21. The molecule has 0 aliphatic rings. The minimum absolute atomic E-state index is 0.0329. The SMILES string of the molecule is C=CCN(C)c1nc2c(C)cccc2cc1C(C)Nc1ncnc2[nH]cnc12. The van der Waals surface area contributed by atoms with Crippen molar-refractivity contribution in [1.29, 1.82) is 0 Å². The van der Waals surface area contributed by atoms with Gasteiger partial charge >= 0.3 is 0 Å². The largest absolute Gasteiger partial charge is 0.361 e. The molecule has 4 rings (SSSR count). The van der Waals surface area contributed by atoms with Gasteiger partial charge in [0, 0.05) is 24.5 Å². The first kappa shape index (κ1) is 17.9. The fraction of sp³-hybridized carbons (Fsp3) is 0.238. The highest BCUT2D eigenvalue weighted by Crippen LogP contribution is 2.31. The molecular formula is C21H23N7. The zero-order valence-corrected chi connectivity index (χ0v) is 16.3. The van der Waals surface area contributed by atoms with Crippen LogP contribution in [-0.2, 0) is 0 Å². The molecular weight excluding hydrogens is 350 g/mol. The standard InChI is InChI=1S/C21H23N7/c1-5-9-28(4)21-16(10-15-8-6-7-13(2)17(15)27-21)14(3)26-20-18-19(23-11-22-18)24-12-25-20/h5-8,10-12,14H,1,9H2,2-4H3,(H2,22,23,24,25,26). The van der Waals surface area contributed by atoms with Crippen LogP contribution < -0.4 is 10.2 Å². The smallest absolute Gasteiger partial charge is 0.162 e. The molecule has 2 N–H and O–H groups in total. The summed E-state index contributed by atoms with van der Waals surface area (Å²) in [5.41, 5.74) is 4.69. The average Bonchev–Trinajstić information content (AvgIpc) is 3.17. The van der Waals surface area contributed by atoms with Crippen LogP contribution in [0.4, 0.5) is 11.6 Å².